The standard InChI is InChI=1S/C56H52N4.CO.Ru/c1-29-21-33(5)49(34(6)22-29)53-41-13-15-43(57-41)54(50-35(7)23-30(2)24-36(50)8)45-17-19-47(59-45)56(52-39(11)27-32(4)28-40(52)12)48-20-18-46(60-48)55(44-16-14-42(53)58-44)51-37(9)25-31(3)26-38(51)10;1-2;/h13-28H,1-12H3;;/q-2;;+2. The normalized spacial score (nSPS) is 11.7. The second-order valence-electron chi connectivity index (χ2n) is 17.5. The molecule has 5 heterocycles. The van der Waals surface area contributed by atoms with E-state index in [1.165, 1.54) is 66.8 Å². The Morgan fingerprint density at radius 2 is 0.492 bits per heavy atom. The molecule has 0 amide bonds. The fourth-order valence-corrected chi connectivity index (χ4v) is 10.4. The van der Waals surface area contributed by atoms with Crippen molar-refractivity contribution in [2.24, 2.45) is 0 Å². The fraction of sp³-hybridized carbons (Fsp3) is 0.211. The van der Waals surface area contributed by atoms with E-state index in [1.54, 1.807) is 0 Å². The molecule has 0 atom stereocenters. The Labute approximate surface area is 385 Å². The predicted molar refractivity (Wildman–Crippen MR) is 259 cm³/mol. The van der Waals surface area contributed by atoms with Crippen LogP contribution in [0.3, 0.4) is 0 Å². The molecule has 4 aromatic carbocycles. The molecule has 6 heteroatoms. The summed E-state index contributed by atoms with van der Waals surface area (Å²) in [4.78, 5) is 22.4. The average molecular weight is 910 g/mol. The van der Waals surface area contributed by atoms with E-state index in [0.29, 0.717) is 0 Å². The largest absolute Gasteiger partial charge is 2.00 e. The third-order valence-corrected chi connectivity index (χ3v) is 12.3. The van der Waals surface area contributed by atoms with Gasteiger partial charge in [-0.1, -0.05) is 95.1 Å². The zero-order chi connectivity index (χ0) is 44.3. The van der Waals surface area contributed by atoms with Crippen molar-refractivity contribution in [2.45, 2.75) is 83.1 Å². The first-order valence-corrected chi connectivity index (χ1v) is 21.3. The molecule has 63 heavy (non-hydrogen) atoms. The fourth-order valence-electron chi connectivity index (χ4n) is 10.4. The first kappa shape index (κ1) is 44.9. The smallest absolute Gasteiger partial charge is 2.00 e. The van der Waals surface area contributed by atoms with Crippen molar-refractivity contribution in [3.05, 3.63) is 169 Å². The van der Waals surface area contributed by atoms with Crippen LogP contribution in [-0.4, -0.2) is 9.97 Å². The Kier molecular flexibility index (Phi) is 12.5. The number of aryl methyl sites for hydroxylation is 12. The summed E-state index contributed by atoms with van der Waals surface area (Å²) in [5.41, 5.74) is 30.4. The summed E-state index contributed by atoms with van der Waals surface area (Å²) in [6.07, 6.45) is 8.72. The van der Waals surface area contributed by atoms with E-state index in [2.05, 4.69) is 187 Å². The first-order valence-electron chi connectivity index (χ1n) is 21.3. The maximum absolute atomic E-state index is 7.50. The number of hydrogen-bond acceptors (Lipinski definition) is 2. The van der Waals surface area contributed by atoms with Crippen LogP contribution in [0.2, 0.25) is 0 Å². The maximum Gasteiger partial charge on any atom is 2.00 e. The molecule has 2 aliphatic rings. The minimum absolute atomic E-state index is 0. The molecule has 0 radical (unpaired) electrons. The van der Waals surface area contributed by atoms with Gasteiger partial charge >= 0.3 is 30.8 Å². The summed E-state index contributed by atoms with van der Waals surface area (Å²) in [7, 11) is 0. The molecule has 9 rings (SSSR count). The summed E-state index contributed by atoms with van der Waals surface area (Å²) < 4.78 is 7.50. The van der Waals surface area contributed by atoms with Crippen LogP contribution < -0.4 is 9.97 Å². The molecule has 0 saturated heterocycles. The summed E-state index contributed by atoms with van der Waals surface area (Å²) in [5.74, 6) is 0. The van der Waals surface area contributed by atoms with Gasteiger partial charge in [0, 0.05) is 0 Å². The van der Waals surface area contributed by atoms with Crippen molar-refractivity contribution in [1.29, 1.82) is 0 Å². The zero-order valence-corrected chi connectivity index (χ0v) is 40.0. The molecule has 0 saturated carbocycles. The minimum atomic E-state index is 0. The molecular formula is C57H52N4ORu. The molecule has 0 aliphatic carbocycles. The van der Waals surface area contributed by atoms with E-state index in [1.807, 2.05) is 0 Å². The van der Waals surface area contributed by atoms with Gasteiger partial charge in [0.05, 0.1) is 22.8 Å². The molecule has 7 aromatic rings. The van der Waals surface area contributed by atoms with E-state index in [4.69, 9.17) is 24.6 Å². The monoisotopic (exact) mass is 910 g/mol. The quantitative estimate of drug-likeness (QED) is 0.100. The average Bonchev–Trinajstić information content (AvgIpc) is 4.03. The topological polar surface area (TPSA) is 73.9 Å². The number of hydrogen-bond donors (Lipinski definition) is 0. The van der Waals surface area contributed by atoms with Crippen molar-refractivity contribution in [2.75, 3.05) is 0 Å². The van der Waals surface area contributed by atoms with Gasteiger partial charge in [-0.15, -0.1) is 22.1 Å². The van der Waals surface area contributed by atoms with Crippen molar-refractivity contribution in [1.82, 2.24) is 19.9 Å². The van der Waals surface area contributed by atoms with Gasteiger partial charge in [-0.2, -0.15) is 0 Å². The molecule has 0 fully saturated rings. The van der Waals surface area contributed by atoms with E-state index < -0.39 is 0 Å². The second kappa shape index (κ2) is 17.5. The number of benzene rings is 4. The SMILES string of the molecule is Cc1cc(C)c(-c2c3nc(c(-c4c(C)cc(C)cc4C)c4ccc([n-]4)c(-c4c(C)cc(C)cc4C)c4nc(c(-c5c(C)cc(C)cc5C)c5ccc2[n-]5)C=C4)C=C3)c(C)c1.[C-]#[O+].[Ru+2]. The van der Waals surface area contributed by atoms with Gasteiger partial charge in [-0.05, 0) is 196 Å². The second-order valence-corrected chi connectivity index (χ2v) is 17.5. The van der Waals surface area contributed by atoms with Crippen molar-refractivity contribution >= 4 is 46.4 Å². The van der Waals surface area contributed by atoms with E-state index in [-0.39, 0.29) is 19.5 Å². The zero-order valence-electron chi connectivity index (χ0n) is 38.3. The van der Waals surface area contributed by atoms with E-state index >= 15 is 0 Å². The maximum atomic E-state index is 7.50. The van der Waals surface area contributed by atoms with Gasteiger partial charge in [-0.25, -0.2) is 9.97 Å². The number of aromatic nitrogens is 4. The van der Waals surface area contributed by atoms with Crippen molar-refractivity contribution in [3.63, 3.8) is 0 Å². The van der Waals surface area contributed by atoms with Crippen LogP contribution in [0, 0.1) is 89.7 Å². The summed E-state index contributed by atoms with van der Waals surface area (Å²) in [5, 5.41) is 0. The summed E-state index contributed by atoms with van der Waals surface area (Å²) in [6, 6.07) is 26.9. The van der Waals surface area contributed by atoms with Crippen LogP contribution in [0.25, 0.3) is 90.9 Å². The van der Waals surface area contributed by atoms with Gasteiger partial charge in [0.1, 0.15) is 0 Å². The Morgan fingerprint density at radius 1 is 0.317 bits per heavy atom. The summed E-state index contributed by atoms with van der Waals surface area (Å²) >= 11 is 0. The molecule has 3 aromatic heterocycles. The molecular weight excluding hydrogens is 858 g/mol. The van der Waals surface area contributed by atoms with Crippen molar-refractivity contribution < 1.29 is 24.1 Å². The number of nitrogens with zero attached hydrogens (tertiary/aromatic N) is 4. The van der Waals surface area contributed by atoms with Gasteiger partial charge in [0.2, 0.25) is 0 Å². The van der Waals surface area contributed by atoms with Crippen LogP contribution in [0.4, 0.5) is 0 Å². The van der Waals surface area contributed by atoms with E-state index in [0.717, 1.165) is 89.4 Å². The summed E-state index contributed by atoms with van der Waals surface area (Å²) in [6.45, 7) is 30.8. The van der Waals surface area contributed by atoms with Crippen LogP contribution >= 0.6 is 0 Å². The van der Waals surface area contributed by atoms with Crippen LogP contribution in [0.1, 0.15) is 89.5 Å². The van der Waals surface area contributed by atoms with Gasteiger partial charge in [-0.3, -0.25) is 0 Å². The molecule has 0 unspecified atom stereocenters. The van der Waals surface area contributed by atoms with Crippen LogP contribution in [-0.2, 0) is 24.1 Å². The molecule has 8 bridgehead atoms. The number of rotatable bonds is 4. The number of fused-ring (bicyclic) bond motifs is 8. The molecule has 0 spiro atoms. The minimum Gasteiger partial charge on any atom is 2.00 e. The molecule has 314 valence electrons. The first-order chi connectivity index (χ1) is 29.7. The molecule has 2 aliphatic heterocycles. The molecule has 5 nitrogen and oxygen atoms in total. The third-order valence-electron chi connectivity index (χ3n) is 12.3. The third kappa shape index (κ3) is 8.05. The Morgan fingerprint density at radius 3 is 0.667 bits per heavy atom. The Hall–Kier alpha value is -6.16. The van der Waals surface area contributed by atoms with Gasteiger partial charge < -0.3 is 9.97 Å². The molecule has 0 N–H and O–H groups in total. The predicted octanol–water partition coefficient (Wildman–Crippen LogP) is 14.2. The Balaban J connectivity index is 0.00000196. The Bertz CT molecular complexity index is 2760. The van der Waals surface area contributed by atoms with Crippen LogP contribution in [0.5, 0.6) is 0 Å². The van der Waals surface area contributed by atoms with Crippen molar-refractivity contribution in [3.8, 4) is 44.5 Å². The van der Waals surface area contributed by atoms with Crippen LogP contribution in [0.15, 0.2) is 72.8 Å². The van der Waals surface area contributed by atoms with Gasteiger partial charge in [0.25, 0.3) is 0 Å². The van der Waals surface area contributed by atoms with E-state index in [9.17, 15) is 0 Å². The van der Waals surface area contributed by atoms with Gasteiger partial charge in [0.15, 0.2) is 0 Å².